The zero-order chi connectivity index (χ0) is 15.0. The minimum absolute atomic E-state index is 0.0835. The van der Waals surface area contributed by atoms with Gasteiger partial charge in [-0.3, -0.25) is 0 Å². The maximum Gasteiger partial charge on any atom is 0.338 e. The molecular weight excluding hydrogens is 254 g/mol. The number of hydrogen-bond donors (Lipinski definition) is 2. The van der Waals surface area contributed by atoms with E-state index in [1.165, 1.54) is 0 Å². The molecule has 0 aliphatic heterocycles. The molecule has 0 aliphatic carbocycles. The van der Waals surface area contributed by atoms with Crippen molar-refractivity contribution >= 4 is 11.7 Å². The number of aliphatic hydroxyl groups is 1. The third-order valence-electron chi connectivity index (χ3n) is 3.90. The highest BCUT2D eigenvalue weighted by atomic mass is 16.5. The van der Waals surface area contributed by atoms with Crippen molar-refractivity contribution in [1.82, 2.24) is 0 Å². The van der Waals surface area contributed by atoms with Crippen molar-refractivity contribution in [3.8, 4) is 0 Å². The molecule has 0 bridgehead atoms. The summed E-state index contributed by atoms with van der Waals surface area (Å²) >= 11 is 0. The van der Waals surface area contributed by atoms with E-state index in [1.54, 1.807) is 19.1 Å². The van der Waals surface area contributed by atoms with Crippen LogP contribution in [0.3, 0.4) is 0 Å². The first-order valence-electron chi connectivity index (χ1n) is 7.22. The maximum absolute atomic E-state index is 11.5. The lowest BCUT2D eigenvalue weighted by atomic mass is 9.83. The molecule has 4 heteroatoms. The Morgan fingerprint density at radius 2 is 1.80 bits per heavy atom. The Bertz CT molecular complexity index is 402. The number of aliphatic hydroxyl groups excluding tert-OH is 1. The monoisotopic (exact) mass is 279 g/mol. The summed E-state index contributed by atoms with van der Waals surface area (Å²) in [6, 6.07) is 7.22. The maximum atomic E-state index is 11.5. The first-order chi connectivity index (χ1) is 9.60. The summed E-state index contributed by atoms with van der Waals surface area (Å²) in [7, 11) is 0. The second-order valence-corrected chi connectivity index (χ2v) is 5.02. The van der Waals surface area contributed by atoms with Gasteiger partial charge in [0.1, 0.15) is 0 Å². The van der Waals surface area contributed by atoms with Gasteiger partial charge in [-0.15, -0.1) is 0 Å². The highest BCUT2D eigenvalue weighted by Crippen LogP contribution is 2.26. The third kappa shape index (κ3) is 4.23. The summed E-state index contributed by atoms with van der Waals surface area (Å²) in [5, 5.41) is 12.9. The third-order valence-corrected chi connectivity index (χ3v) is 3.90. The number of carbonyl (C=O) groups excluding carboxylic acids is 1. The minimum Gasteiger partial charge on any atom is -0.462 e. The lowest BCUT2D eigenvalue weighted by Gasteiger charge is -2.30. The molecule has 0 unspecified atom stereocenters. The standard InChI is InChI=1S/C16H25NO3/c1-4-16(5-2,12-18)11-17-14-9-7-13(8-10-14)15(19)20-6-3/h7-10,17-18H,4-6,11-12H2,1-3H3. The highest BCUT2D eigenvalue weighted by molar-refractivity contribution is 5.89. The first-order valence-corrected chi connectivity index (χ1v) is 7.22. The molecule has 0 saturated heterocycles. The Hall–Kier alpha value is -1.55. The quantitative estimate of drug-likeness (QED) is 0.718. The molecule has 0 amide bonds. The van der Waals surface area contributed by atoms with Gasteiger partial charge >= 0.3 is 5.97 Å². The predicted octanol–water partition coefficient (Wildman–Crippen LogP) is 3.07. The number of carbonyl (C=O) groups is 1. The average Bonchev–Trinajstić information content (AvgIpc) is 2.50. The Morgan fingerprint density at radius 3 is 2.25 bits per heavy atom. The second kappa shape index (κ2) is 7.90. The average molecular weight is 279 g/mol. The van der Waals surface area contributed by atoms with Crippen LogP contribution in [0.2, 0.25) is 0 Å². The number of anilines is 1. The molecule has 112 valence electrons. The van der Waals surface area contributed by atoms with E-state index < -0.39 is 0 Å². The second-order valence-electron chi connectivity index (χ2n) is 5.02. The Morgan fingerprint density at radius 1 is 1.20 bits per heavy atom. The molecule has 4 nitrogen and oxygen atoms in total. The molecule has 0 spiro atoms. The molecule has 0 aromatic heterocycles. The molecule has 2 N–H and O–H groups in total. The van der Waals surface area contributed by atoms with Gasteiger partial charge in [0.15, 0.2) is 0 Å². The van der Waals surface area contributed by atoms with E-state index in [0.29, 0.717) is 12.2 Å². The van der Waals surface area contributed by atoms with E-state index in [1.807, 2.05) is 12.1 Å². The fourth-order valence-electron chi connectivity index (χ4n) is 2.01. The van der Waals surface area contributed by atoms with Gasteiger partial charge in [0.05, 0.1) is 18.8 Å². The SMILES string of the molecule is CCOC(=O)c1ccc(NCC(CC)(CC)CO)cc1. The van der Waals surface area contributed by atoms with Crippen molar-refractivity contribution in [2.24, 2.45) is 5.41 Å². The summed E-state index contributed by atoms with van der Waals surface area (Å²) in [6.07, 6.45) is 1.85. The van der Waals surface area contributed by atoms with E-state index in [2.05, 4.69) is 19.2 Å². The summed E-state index contributed by atoms with van der Waals surface area (Å²) in [5.41, 5.74) is 1.41. The lowest BCUT2D eigenvalue weighted by molar-refractivity contribution is 0.0526. The van der Waals surface area contributed by atoms with Crippen LogP contribution in [0.5, 0.6) is 0 Å². The van der Waals surface area contributed by atoms with Crippen molar-refractivity contribution in [2.75, 3.05) is 25.1 Å². The Labute approximate surface area is 121 Å². The van der Waals surface area contributed by atoms with Gasteiger partial charge in [-0.2, -0.15) is 0 Å². The number of hydrogen-bond acceptors (Lipinski definition) is 4. The number of ether oxygens (including phenoxy) is 1. The number of nitrogens with one attached hydrogen (secondary N) is 1. The largest absolute Gasteiger partial charge is 0.462 e. The zero-order valence-corrected chi connectivity index (χ0v) is 12.6. The van der Waals surface area contributed by atoms with E-state index in [4.69, 9.17) is 4.74 Å². The number of benzene rings is 1. The van der Waals surface area contributed by atoms with Crippen molar-refractivity contribution in [1.29, 1.82) is 0 Å². The summed E-state index contributed by atoms with van der Waals surface area (Å²) < 4.78 is 4.94. The van der Waals surface area contributed by atoms with E-state index in [-0.39, 0.29) is 18.0 Å². The molecule has 0 radical (unpaired) electrons. The van der Waals surface area contributed by atoms with Crippen LogP contribution in [-0.4, -0.2) is 30.8 Å². The first kappa shape index (κ1) is 16.5. The minimum atomic E-state index is -0.300. The molecule has 0 aliphatic rings. The van der Waals surface area contributed by atoms with Gasteiger partial charge in [-0.1, -0.05) is 13.8 Å². The van der Waals surface area contributed by atoms with Crippen LogP contribution >= 0.6 is 0 Å². The predicted molar refractivity (Wildman–Crippen MR) is 81.0 cm³/mol. The van der Waals surface area contributed by atoms with Crippen molar-refractivity contribution in [3.05, 3.63) is 29.8 Å². The molecular formula is C16H25NO3. The van der Waals surface area contributed by atoms with Crippen molar-refractivity contribution in [2.45, 2.75) is 33.6 Å². The molecule has 0 heterocycles. The van der Waals surface area contributed by atoms with Gasteiger partial charge in [0.2, 0.25) is 0 Å². The summed E-state index contributed by atoms with van der Waals surface area (Å²) in [5.74, 6) is -0.300. The fraction of sp³-hybridized carbons (Fsp3) is 0.562. The van der Waals surface area contributed by atoms with Crippen LogP contribution in [-0.2, 0) is 4.74 Å². The van der Waals surface area contributed by atoms with Gasteiger partial charge in [0, 0.05) is 17.6 Å². The smallest absolute Gasteiger partial charge is 0.338 e. The topological polar surface area (TPSA) is 58.6 Å². The van der Waals surface area contributed by atoms with E-state index in [9.17, 15) is 9.90 Å². The van der Waals surface area contributed by atoms with E-state index >= 15 is 0 Å². The van der Waals surface area contributed by atoms with Gasteiger partial charge in [0.25, 0.3) is 0 Å². The van der Waals surface area contributed by atoms with Gasteiger partial charge in [-0.25, -0.2) is 4.79 Å². The van der Waals surface area contributed by atoms with Gasteiger partial charge < -0.3 is 15.2 Å². The zero-order valence-electron chi connectivity index (χ0n) is 12.6. The Kier molecular flexibility index (Phi) is 6.52. The van der Waals surface area contributed by atoms with Crippen LogP contribution < -0.4 is 5.32 Å². The van der Waals surface area contributed by atoms with E-state index in [0.717, 1.165) is 25.1 Å². The van der Waals surface area contributed by atoms with Crippen molar-refractivity contribution in [3.63, 3.8) is 0 Å². The number of rotatable bonds is 8. The highest BCUT2D eigenvalue weighted by Gasteiger charge is 2.24. The van der Waals surface area contributed by atoms with Crippen LogP contribution in [0.4, 0.5) is 5.69 Å². The van der Waals surface area contributed by atoms with Crippen LogP contribution in [0.25, 0.3) is 0 Å². The molecule has 1 rings (SSSR count). The molecule has 0 atom stereocenters. The molecule has 1 aromatic rings. The van der Waals surface area contributed by atoms with Crippen LogP contribution in [0.15, 0.2) is 24.3 Å². The molecule has 0 saturated carbocycles. The normalized spacial score (nSPS) is 11.2. The fourth-order valence-corrected chi connectivity index (χ4v) is 2.01. The Balaban J connectivity index is 2.64. The van der Waals surface area contributed by atoms with Crippen LogP contribution in [0.1, 0.15) is 44.0 Å². The number of esters is 1. The summed E-state index contributed by atoms with van der Waals surface area (Å²) in [4.78, 5) is 11.5. The molecule has 1 aromatic carbocycles. The van der Waals surface area contributed by atoms with Crippen LogP contribution in [0, 0.1) is 5.41 Å². The molecule has 20 heavy (non-hydrogen) atoms. The molecule has 0 fully saturated rings. The summed E-state index contributed by atoms with van der Waals surface area (Å²) in [6.45, 7) is 7.24. The van der Waals surface area contributed by atoms with Crippen molar-refractivity contribution < 1.29 is 14.6 Å². The van der Waals surface area contributed by atoms with Gasteiger partial charge in [-0.05, 0) is 44.0 Å². The lowest BCUT2D eigenvalue weighted by Crippen LogP contribution is -2.32.